The van der Waals surface area contributed by atoms with Crippen LogP contribution in [-0.4, -0.2) is 27.0 Å². The number of rotatable bonds is 2. The maximum Gasteiger partial charge on any atom is 0.328 e. The van der Waals surface area contributed by atoms with Gasteiger partial charge in [0.05, 0.1) is 11.0 Å². The van der Waals surface area contributed by atoms with Crippen molar-refractivity contribution < 1.29 is 9.59 Å². The Hall–Kier alpha value is -2.57. The van der Waals surface area contributed by atoms with Gasteiger partial charge in [0, 0.05) is 26.2 Å². The van der Waals surface area contributed by atoms with Crippen LogP contribution in [0.25, 0.3) is 11.0 Å². The van der Waals surface area contributed by atoms with Gasteiger partial charge in [-0.3, -0.25) is 18.7 Å². The minimum absolute atomic E-state index is 0.101. The van der Waals surface area contributed by atoms with Crippen molar-refractivity contribution >= 4 is 28.5 Å². The van der Waals surface area contributed by atoms with Crippen molar-refractivity contribution in [2.45, 2.75) is 18.9 Å². The van der Waals surface area contributed by atoms with E-state index in [1.54, 1.807) is 36.9 Å². The number of carbonyl (C=O) groups is 2. The molecule has 2 N–H and O–H groups in total. The summed E-state index contributed by atoms with van der Waals surface area (Å²) in [6, 6.07) is 4.81. The molecule has 0 spiro atoms. The molecule has 0 radical (unpaired) electrons. The highest BCUT2D eigenvalue weighted by atomic mass is 16.2. The van der Waals surface area contributed by atoms with Gasteiger partial charge in [0.2, 0.25) is 11.8 Å². The first-order chi connectivity index (χ1) is 9.97. The molecular weight excluding hydrogens is 272 g/mol. The van der Waals surface area contributed by atoms with Gasteiger partial charge < -0.3 is 10.6 Å². The largest absolute Gasteiger partial charge is 0.344 e. The molecule has 1 aliphatic rings. The molecule has 1 aliphatic heterocycles. The highest BCUT2D eigenvalue weighted by molar-refractivity contribution is 6.00. The van der Waals surface area contributed by atoms with Gasteiger partial charge in [-0.1, -0.05) is 0 Å². The molecule has 2 amide bonds. The molecule has 1 atom stereocenters. The van der Waals surface area contributed by atoms with E-state index >= 15 is 0 Å². The molecule has 1 saturated heterocycles. The first kappa shape index (κ1) is 13.4. The van der Waals surface area contributed by atoms with Gasteiger partial charge in [-0.25, -0.2) is 4.79 Å². The highest BCUT2D eigenvalue weighted by Gasteiger charge is 2.27. The lowest BCUT2D eigenvalue weighted by Crippen LogP contribution is -2.37. The fourth-order valence-corrected chi connectivity index (χ4v) is 2.62. The van der Waals surface area contributed by atoms with Crippen molar-refractivity contribution in [1.82, 2.24) is 14.5 Å². The topological polar surface area (TPSA) is 85.1 Å². The molecule has 2 heterocycles. The molecule has 7 heteroatoms. The summed E-state index contributed by atoms with van der Waals surface area (Å²) in [6.07, 6.45) is 0.890. The summed E-state index contributed by atoms with van der Waals surface area (Å²) in [7, 11) is 3.39. The predicted molar refractivity (Wildman–Crippen MR) is 78.0 cm³/mol. The molecule has 1 aromatic heterocycles. The maximum absolute atomic E-state index is 12.1. The third-order valence-corrected chi connectivity index (χ3v) is 3.85. The van der Waals surface area contributed by atoms with Crippen molar-refractivity contribution in [3.05, 3.63) is 28.7 Å². The Morgan fingerprint density at radius 1 is 1.24 bits per heavy atom. The van der Waals surface area contributed by atoms with Crippen molar-refractivity contribution in [2.24, 2.45) is 14.1 Å². The summed E-state index contributed by atoms with van der Waals surface area (Å²) in [4.78, 5) is 35.0. The standard InChI is InChI=1S/C14H16N4O3/c1-17-10-5-3-8(7-11(10)18(2)14(17)21)15-13(20)9-4-6-12(19)16-9/h3,5,7,9H,4,6H2,1-2H3,(H,15,20)(H,16,19). The average molecular weight is 288 g/mol. The lowest BCUT2D eigenvalue weighted by molar-refractivity contribution is -0.122. The number of aromatic nitrogens is 2. The molecule has 1 aromatic carbocycles. The number of anilines is 1. The minimum Gasteiger partial charge on any atom is -0.344 e. The van der Waals surface area contributed by atoms with E-state index in [0.29, 0.717) is 18.5 Å². The molecule has 2 aromatic rings. The lowest BCUT2D eigenvalue weighted by atomic mass is 10.2. The summed E-state index contributed by atoms with van der Waals surface area (Å²) in [5, 5.41) is 5.40. The first-order valence-corrected chi connectivity index (χ1v) is 6.73. The third-order valence-electron chi connectivity index (χ3n) is 3.85. The van der Waals surface area contributed by atoms with E-state index in [9.17, 15) is 14.4 Å². The molecular formula is C14H16N4O3. The van der Waals surface area contributed by atoms with Crippen molar-refractivity contribution in [2.75, 3.05) is 5.32 Å². The van der Waals surface area contributed by atoms with Crippen molar-refractivity contribution in [3.8, 4) is 0 Å². The van der Waals surface area contributed by atoms with Gasteiger partial charge >= 0.3 is 5.69 Å². The van der Waals surface area contributed by atoms with Gasteiger partial charge in [-0.15, -0.1) is 0 Å². The fraction of sp³-hybridized carbons (Fsp3) is 0.357. The summed E-state index contributed by atoms with van der Waals surface area (Å²) >= 11 is 0. The summed E-state index contributed by atoms with van der Waals surface area (Å²) < 4.78 is 3.08. The molecule has 0 saturated carbocycles. The Kier molecular flexibility index (Phi) is 3.04. The van der Waals surface area contributed by atoms with E-state index < -0.39 is 6.04 Å². The van der Waals surface area contributed by atoms with Crippen LogP contribution in [0, 0.1) is 0 Å². The number of hydrogen-bond acceptors (Lipinski definition) is 3. The number of hydrogen-bond donors (Lipinski definition) is 2. The van der Waals surface area contributed by atoms with E-state index in [2.05, 4.69) is 10.6 Å². The van der Waals surface area contributed by atoms with Crippen molar-refractivity contribution in [3.63, 3.8) is 0 Å². The zero-order valence-electron chi connectivity index (χ0n) is 11.8. The smallest absolute Gasteiger partial charge is 0.328 e. The van der Waals surface area contributed by atoms with Gasteiger partial charge in [-0.2, -0.15) is 0 Å². The van der Waals surface area contributed by atoms with E-state index in [0.717, 1.165) is 11.0 Å². The molecule has 110 valence electrons. The van der Waals surface area contributed by atoms with Crippen LogP contribution in [-0.2, 0) is 23.7 Å². The Balaban J connectivity index is 1.88. The van der Waals surface area contributed by atoms with E-state index in [1.807, 2.05) is 0 Å². The van der Waals surface area contributed by atoms with Crippen molar-refractivity contribution in [1.29, 1.82) is 0 Å². The first-order valence-electron chi connectivity index (χ1n) is 6.73. The predicted octanol–water partition coefficient (Wildman–Crippen LogP) is 0.0941. The molecule has 21 heavy (non-hydrogen) atoms. The average Bonchev–Trinajstić information content (AvgIpc) is 2.98. The van der Waals surface area contributed by atoms with E-state index in [-0.39, 0.29) is 17.5 Å². The molecule has 7 nitrogen and oxygen atoms in total. The quantitative estimate of drug-likeness (QED) is 0.821. The van der Waals surface area contributed by atoms with Crippen LogP contribution in [0.5, 0.6) is 0 Å². The molecule has 0 bridgehead atoms. The second-order valence-corrected chi connectivity index (χ2v) is 5.25. The Morgan fingerprint density at radius 2 is 1.95 bits per heavy atom. The second-order valence-electron chi connectivity index (χ2n) is 5.25. The number of fused-ring (bicyclic) bond motifs is 1. The summed E-state index contributed by atoms with van der Waals surface area (Å²) in [5.41, 5.74) is 2.04. The van der Waals surface area contributed by atoms with Crippen LogP contribution < -0.4 is 16.3 Å². The minimum atomic E-state index is -0.479. The van der Waals surface area contributed by atoms with Gasteiger partial charge in [0.1, 0.15) is 6.04 Å². The van der Waals surface area contributed by atoms with E-state index in [1.165, 1.54) is 4.57 Å². The molecule has 1 unspecified atom stereocenters. The second kappa shape index (κ2) is 4.76. The SMILES string of the molecule is Cn1c(=O)n(C)c2cc(NC(=O)C3CCC(=O)N3)ccc21. The van der Waals surface area contributed by atoms with Crippen LogP contribution in [0.4, 0.5) is 5.69 Å². The normalized spacial score (nSPS) is 18.0. The lowest BCUT2D eigenvalue weighted by Gasteiger charge is -2.11. The third kappa shape index (κ3) is 2.20. The summed E-state index contributed by atoms with van der Waals surface area (Å²) in [6.45, 7) is 0. The Morgan fingerprint density at radius 3 is 2.62 bits per heavy atom. The number of imidazole rings is 1. The molecule has 1 fully saturated rings. The molecule has 0 aliphatic carbocycles. The zero-order valence-corrected chi connectivity index (χ0v) is 11.8. The number of nitrogens with one attached hydrogen (secondary N) is 2. The van der Waals surface area contributed by atoms with Crippen LogP contribution >= 0.6 is 0 Å². The van der Waals surface area contributed by atoms with E-state index in [4.69, 9.17) is 0 Å². The molecule has 3 rings (SSSR count). The number of nitrogens with zero attached hydrogens (tertiary/aromatic N) is 2. The Labute approximate surface area is 120 Å². The maximum atomic E-state index is 12.1. The highest BCUT2D eigenvalue weighted by Crippen LogP contribution is 2.18. The number of benzene rings is 1. The van der Waals surface area contributed by atoms with Gasteiger partial charge in [0.25, 0.3) is 0 Å². The van der Waals surface area contributed by atoms with Gasteiger partial charge in [0.15, 0.2) is 0 Å². The van der Waals surface area contributed by atoms with Gasteiger partial charge in [-0.05, 0) is 24.6 Å². The van der Waals surface area contributed by atoms with Crippen LogP contribution in [0.15, 0.2) is 23.0 Å². The Bertz CT molecular complexity index is 802. The zero-order chi connectivity index (χ0) is 15.1. The summed E-state index contributed by atoms with van der Waals surface area (Å²) in [5.74, 6) is -0.336. The number of aryl methyl sites for hydroxylation is 2. The number of amides is 2. The monoisotopic (exact) mass is 288 g/mol. The fourth-order valence-electron chi connectivity index (χ4n) is 2.62. The van der Waals surface area contributed by atoms with Crippen LogP contribution in [0.1, 0.15) is 12.8 Å². The number of carbonyl (C=O) groups excluding carboxylic acids is 2. The van der Waals surface area contributed by atoms with Crippen LogP contribution in [0.3, 0.4) is 0 Å². The van der Waals surface area contributed by atoms with Crippen LogP contribution in [0.2, 0.25) is 0 Å².